The highest BCUT2D eigenvalue weighted by atomic mass is 16.5. The lowest BCUT2D eigenvalue weighted by atomic mass is 9.58. The van der Waals surface area contributed by atoms with E-state index in [1.807, 2.05) is 24.3 Å². The molecule has 4 rings (SSSR count). The van der Waals surface area contributed by atoms with Crippen LogP contribution < -0.4 is 5.32 Å². The molecule has 27 heavy (non-hydrogen) atoms. The van der Waals surface area contributed by atoms with Crippen LogP contribution in [-0.4, -0.2) is 55.6 Å². The fraction of sp³-hybridized carbons (Fsp3) is 0.450. The first kappa shape index (κ1) is 17.6. The Kier molecular flexibility index (Phi) is 3.80. The largest absolute Gasteiger partial charge is 0.468 e. The van der Waals surface area contributed by atoms with Crippen molar-refractivity contribution in [3.8, 4) is 0 Å². The topological polar surface area (TPSA) is 84.9 Å². The van der Waals surface area contributed by atoms with Crippen molar-refractivity contribution in [1.29, 1.82) is 0 Å². The van der Waals surface area contributed by atoms with E-state index in [9.17, 15) is 14.4 Å². The number of hydrogen-bond acceptors (Lipinski definition) is 6. The molecule has 7 heteroatoms. The number of esters is 2. The first-order valence-electron chi connectivity index (χ1n) is 8.93. The summed E-state index contributed by atoms with van der Waals surface area (Å²) in [6.45, 7) is 2.09. The van der Waals surface area contributed by atoms with Gasteiger partial charge in [-0.05, 0) is 18.1 Å². The standard InChI is InChI=1S/C20H22N2O5/c1-12(23)22-11-10-19-13-6-4-5-7-14(13)21-16(19)20(17(24)26-2,18(25)27-3)9-8-15(19)22/h4-9,15-16,21H,10-11H2,1-3H3/t15-,16+,19+/m0/s1. The highest BCUT2D eigenvalue weighted by Gasteiger charge is 2.70. The molecule has 2 aliphatic heterocycles. The molecule has 0 radical (unpaired) electrons. The number of ether oxygens (including phenoxy) is 2. The summed E-state index contributed by atoms with van der Waals surface area (Å²) in [5, 5.41) is 3.39. The van der Waals surface area contributed by atoms with Crippen LogP contribution in [0, 0.1) is 5.41 Å². The summed E-state index contributed by atoms with van der Waals surface area (Å²) in [5.41, 5.74) is -0.366. The van der Waals surface area contributed by atoms with Crippen molar-refractivity contribution in [2.24, 2.45) is 5.41 Å². The summed E-state index contributed by atoms with van der Waals surface area (Å²) in [6.07, 6.45) is 3.98. The molecule has 0 saturated carbocycles. The first-order chi connectivity index (χ1) is 12.9. The summed E-state index contributed by atoms with van der Waals surface area (Å²) < 4.78 is 10.1. The lowest BCUT2D eigenvalue weighted by molar-refractivity contribution is -0.168. The zero-order valence-corrected chi connectivity index (χ0v) is 15.5. The Morgan fingerprint density at radius 2 is 1.81 bits per heavy atom. The van der Waals surface area contributed by atoms with Gasteiger partial charge < -0.3 is 19.7 Å². The number of anilines is 1. The fourth-order valence-electron chi connectivity index (χ4n) is 5.22. The molecule has 3 aliphatic rings. The molecule has 1 spiro atoms. The van der Waals surface area contributed by atoms with Gasteiger partial charge in [0, 0.05) is 24.6 Å². The minimum absolute atomic E-state index is 0.0340. The first-order valence-corrected chi connectivity index (χ1v) is 8.93. The van der Waals surface area contributed by atoms with Gasteiger partial charge in [-0.25, -0.2) is 0 Å². The van der Waals surface area contributed by atoms with Gasteiger partial charge in [-0.15, -0.1) is 0 Å². The highest BCUT2D eigenvalue weighted by Crippen LogP contribution is 2.58. The van der Waals surface area contributed by atoms with Crippen LogP contribution in [0.3, 0.4) is 0 Å². The van der Waals surface area contributed by atoms with E-state index in [1.165, 1.54) is 14.2 Å². The third kappa shape index (κ3) is 1.99. The van der Waals surface area contributed by atoms with Crippen LogP contribution in [0.2, 0.25) is 0 Å². The Morgan fingerprint density at radius 1 is 1.15 bits per heavy atom. The van der Waals surface area contributed by atoms with Crippen molar-refractivity contribution in [3.05, 3.63) is 42.0 Å². The lowest BCUT2D eigenvalue weighted by Gasteiger charge is -2.47. The van der Waals surface area contributed by atoms with Crippen LogP contribution in [0.5, 0.6) is 0 Å². The third-order valence-electron chi connectivity index (χ3n) is 6.32. The summed E-state index contributed by atoms with van der Waals surface area (Å²) >= 11 is 0. The average Bonchev–Trinajstić information content (AvgIpc) is 3.24. The van der Waals surface area contributed by atoms with E-state index >= 15 is 0 Å². The van der Waals surface area contributed by atoms with Crippen LogP contribution >= 0.6 is 0 Å². The van der Waals surface area contributed by atoms with Crippen LogP contribution in [0.1, 0.15) is 18.9 Å². The lowest BCUT2D eigenvalue weighted by Crippen LogP contribution is -2.64. The van der Waals surface area contributed by atoms with Gasteiger partial charge in [0.1, 0.15) is 0 Å². The molecule has 1 aromatic rings. The van der Waals surface area contributed by atoms with Crippen molar-refractivity contribution >= 4 is 23.5 Å². The molecule has 7 nitrogen and oxygen atoms in total. The summed E-state index contributed by atoms with van der Waals surface area (Å²) in [7, 11) is 2.52. The molecule has 2 heterocycles. The predicted octanol–water partition coefficient (Wildman–Crippen LogP) is 1.24. The second kappa shape index (κ2) is 5.84. The van der Waals surface area contributed by atoms with Crippen LogP contribution in [-0.2, 0) is 29.3 Å². The summed E-state index contributed by atoms with van der Waals surface area (Å²) in [6, 6.07) is 6.90. The third-order valence-corrected chi connectivity index (χ3v) is 6.32. The maximum absolute atomic E-state index is 12.9. The molecule has 1 fully saturated rings. The Hall–Kier alpha value is -2.83. The number of nitrogens with zero attached hydrogens (tertiary/aromatic N) is 1. The maximum Gasteiger partial charge on any atom is 0.329 e. The quantitative estimate of drug-likeness (QED) is 0.479. The Labute approximate surface area is 157 Å². The van der Waals surface area contributed by atoms with Gasteiger partial charge in [-0.2, -0.15) is 0 Å². The SMILES string of the molecule is COC(=O)C1(C(=O)OC)C=C[C@@H]2N(C(C)=O)CC[C@@]23c2ccccc2N[C@@H]13. The molecule has 1 aliphatic carbocycles. The van der Waals surface area contributed by atoms with Gasteiger partial charge in [0.2, 0.25) is 11.3 Å². The molecular weight excluding hydrogens is 348 g/mol. The van der Waals surface area contributed by atoms with Gasteiger partial charge in [-0.3, -0.25) is 14.4 Å². The number of rotatable bonds is 2. The normalized spacial score (nSPS) is 29.2. The monoisotopic (exact) mass is 370 g/mol. The van der Waals surface area contributed by atoms with Gasteiger partial charge >= 0.3 is 11.9 Å². The van der Waals surface area contributed by atoms with E-state index in [-0.39, 0.29) is 11.9 Å². The van der Waals surface area contributed by atoms with Crippen LogP contribution in [0.15, 0.2) is 36.4 Å². The van der Waals surface area contributed by atoms with E-state index in [0.29, 0.717) is 13.0 Å². The summed E-state index contributed by atoms with van der Waals surface area (Å²) in [5.74, 6) is -1.38. The molecule has 3 atom stereocenters. The number of hydrogen-bond donors (Lipinski definition) is 1. The Bertz CT molecular complexity index is 848. The van der Waals surface area contributed by atoms with Crippen molar-refractivity contribution in [2.75, 3.05) is 26.1 Å². The van der Waals surface area contributed by atoms with Crippen molar-refractivity contribution in [2.45, 2.75) is 30.8 Å². The fourth-order valence-corrected chi connectivity index (χ4v) is 5.22. The van der Waals surface area contributed by atoms with Crippen LogP contribution in [0.25, 0.3) is 0 Å². The molecule has 142 valence electrons. The van der Waals surface area contributed by atoms with E-state index in [2.05, 4.69) is 5.32 Å². The Balaban J connectivity index is 1.99. The summed E-state index contributed by atoms with van der Waals surface area (Å²) in [4.78, 5) is 39.8. The number of amides is 1. The number of nitrogens with one attached hydrogen (secondary N) is 1. The zero-order valence-electron chi connectivity index (χ0n) is 15.5. The van der Waals surface area contributed by atoms with Crippen molar-refractivity contribution in [3.63, 3.8) is 0 Å². The minimum atomic E-state index is -1.62. The van der Waals surface area contributed by atoms with E-state index in [1.54, 1.807) is 24.0 Å². The number of carbonyl (C=O) groups excluding carboxylic acids is 3. The average molecular weight is 370 g/mol. The molecule has 0 bridgehead atoms. The number of likely N-dealkylation sites (tertiary alicyclic amines) is 1. The molecule has 0 unspecified atom stereocenters. The Morgan fingerprint density at radius 3 is 2.44 bits per heavy atom. The molecule has 1 N–H and O–H groups in total. The maximum atomic E-state index is 12.9. The van der Waals surface area contributed by atoms with E-state index in [4.69, 9.17) is 9.47 Å². The zero-order chi connectivity index (χ0) is 19.4. The highest BCUT2D eigenvalue weighted by molar-refractivity contribution is 6.05. The van der Waals surface area contributed by atoms with Crippen molar-refractivity contribution in [1.82, 2.24) is 4.90 Å². The molecule has 0 aromatic heterocycles. The number of fused-ring (bicyclic) bond motifs is 1. The molecule has 1 amide bonds. The van der Waals surface area contributed by atoms with Crippen molar-refractivity contribution < 1.29 is 23.9 Å². The van der Waals surface area contributed by atoms with Crippen LogP contribution in [0.4, 0.5) is 5.69 Å². The second-order valence-corrected chi connectivity index (χ2v) is 7.28. The predicted molar refractivity (Wildman–Crippen MR) is 96.9 cm³/mol. The van der Waals surface area contributed by atoms with Gasteiger partial charge in [0.15, 0.2) is 0 Å². The van der Waals surface area contributed by atoms with Gasteiger partial charge in [-0.1, -0.05) is 30.4 Å². The van der Waals surface area contributed by atoms with Gasteiger partial charge in [0.25, 0.3) is 0 Å². The number of para-hydroxylation sites is 1. The second-order valence-electron chi connectivity index (χ2n) is 7.28. The minimum Gasteiger partial charge on any atom is -0.468 e. The van der Waals surface area contributed by atoms with E-state index in [0.717, 1.165) is 11.3 Å². The molecule has 1 aromatic carbocycles. The van der Waals surface area contributed by atoms with Gasteiger partial charge in [0.05, 0.1) is 26.3 Å². The number of benzene rings is 1. The number of methoxy groups -OCH3 is 2. The molecular formula is C20H22N2O5. The van der Waals surface area contributed by atoms with E-state index < -0.39 is 28.8 Å². The smallest absolute Gasteiger partial charge is 0.329 e. The molecule has 1 saturated heterocycles. The number of carbonyl (C=O) groups is 3.